The molecule has 19 heavy (non-hydrogen) atoms. The first-order valence-corrected chi connectivity index (χ1v) is 6.47. The van der Waals surface area contributed by atoms with Gasteiger partial charge in [0.15, 0.2) is 5.54 Å². The second-order valence-electron chi connectivity index (χ2n) is 5.63. The van der Waals surface area contributed by atoms with E-state index in [1.54, 1.807) is 0 Å². The van der Waals surface area contributed by atoms with Crippen LogP contribution in [0.15, 0.2) is 42.5 Å². The number of nitrogens with zero attached hydrogens (tertiary/aromatic N) is 1. The zero-order valence-electron chi connectivity index (χ0n) is 11.2. The highest BCUT2D eigenvalue weighted by Gasteiger charge is 2.42. The van der Waals surface area contributed by atoms with Gasteiger partial charge in [-0.2, -0.15) is 0 Å². The first kappa shape index (κ1) is 11.9. The molecular weight excluding hydrogens is 236 g/mol. The Morgan fingerprint density at radius 3 is 2.58 bits per heavy atom. The average molecular weight is 253 g/mol. The maximum Gasteiger partial charge on any atom is 0.281 e. The zero-order valence-corrected chi connectivity index (χ0v) is 11.2. The molecule has 0 aliphatic carbocycles. The number of nitrogens with one attached hydrogen (secondary N) is 1. The van der Waals surface area contributed by atoms with E-state index >= 15 is 0 Å². The molecule has 3 nitrogen and oxygen atoms in total. The number of carbonyl (C=O) groups is 1. The lowest BCUT2D eigenvalue weighted by Gasteiger charge is -2.10. The topological polar surface area (TPSA) is 32.1 Å². The zero-order chi connectivity index (χ0) is 13.5. The Labute approximate surface area is 112 Å². The number of hydrogen-bond acceptors (Lipinski definition) is 1. The number of hydrogen-bond donors (Lipinski definition) is 1. The molecule has 2 aromatic rings. The predicted molar refractivity (Wildman–Crippen MR) is 76.2 cm³/mol. The van der Waals surface area contributed by atoms with E-state index in [-0.39, 0.29) is 11.4 Å². The molecule has 96 valence electrons. The Morgan fingerprint density at radius 2 is 1.89 bits per heavy atom. The molecule has 0 saturated carbocycles. The van der Waals surface area contributed by atoms with Crippen molar-refractivity contribution >= 4 is 22.9 Å². The van der Waals surface area contributed by atoms with E-state index in [2.05, 4.69) is 49.6 Å². The van der Waals surface area contributed by atoms with Crippen LogP contribution in [-0.2, 0) is 4.79 Å². The first-order valence-electron chi connectivity index (χ1n) is 6.47. The molecule has 3 heteroatoms. The average Bonchev–Trinajstić information content (AvgIpc) is 2.62. The van der Waals surface area contributed by atoms with Crippen molar-refractivity contribution in [3.05, 3.63) is 48.0 Å². The number of rotatable bonds is 1. The van der Waals surface area contributed by atoms with Crippen molar-refractivity contribution < 1.29 is 9.48 Å². The van der Waals surface area contributed by atoms with E-state index in [1.165, 1.54) is 10.8 Å². The number of hydrazine groups is 1. The quantitative estimate of drug-likeness (QED) is 0.778. The number of amides is 1. The van der Waals surface area contributed by atoms with Crippen molar-refractivity contribution in [2.24, 2.45) is 0 Å². The standard InChI is InChI=1S/C16H16N2O/c1-16(2)10-15(19)17-18(16)11-12-7-8-13-5-3-4-6-14(13)9-12/h3-9,11H,10H2,1-2H3/p+1/b18-11+. The molecular formula is C16H17N2O+. The van der Waals surface area contributed by atoms with Crippen LogP contribution in [0, 0.1) is 0 Å². The van der Waals surface area contributed by atoms with Crippen LogP contribution in [-0.4, -0.2) is 22.3 Å². The van der Waals surface area contributed by atoms with E-state index in [0.29, 0.717) is 6.42 Å². The van der Waals surface area contributed by atoms with E-state index in [4.69, 9.17) is 0 Å². The fourth-order valence-corrected chi connectivity index (χ4v) is 2.45. The van der Waals surface area contributed by atoms with Crippen molar-refractivity contribution in [1.82, 2.24) is 5.43 Å². The summed E-state index contributed by atoms with van der Waals surface area (Å²) < 4.78 is 1.90. The van der Waals surface area contributed by atoms with Crippen molar-refractivity contribution in [2.45, 2.75) is 25.8 Å². The molecule has 0 spiro atoms. The van der Waals surface area contributed by atoms with Gasteiger partial charge < -0.3 is 0 Å². The Kier molecular flexibility index (Phi) is 2.63. The molecule has 1 fully saturated rings. The summed E-state index contributed by atoms with van der Waals surface area (Å²) in [7, 11) is 0. The highest BCUT2D eigenvalue weighted by molar-refractivity contribution is 5.89. The first-order chi connectivity index (χ1) is 9.04. The number of fused-ring (bicyclic) bond motifs is 1. The lowest BCUT2D eigenvalue weighted by molar-refractivity contribution is -0.620. The van der Waals surface area contributed by atoms with Gasteiger partial charge in [0.1, 0.15) is 0 Å². The monoisotopic (exact) mass is 253 g/mol. The van der Waals surface area contributed by atoms with E-state index in [9.17, 15) is 4.79 Å². The fourth-order valence-electron chi connectivity index (χ4n) is 2.45. The summed E-state index contributed by atoms with van der Waals surface area (Å²) in [5.74, 6) is 0.0713. The van der Waals surface area contributed by atoms with Gasteiger partial charge in [-0.1, -0.05) is 30.3 Å². The summed E-state index contributed by atoms with van der Waals surface area (Å²) in [4.78, 5) is 11.5. The second-order valence-corrected chi connectivity index (χ2v) is 5.63. The molecule has 1 aliphatic heterocycles. The number of hydrazone groups is 1. The molecule has 1 saturated heterocycles. The fraction of sp³-hybridized carbons (Fsp3) is 0.250. The number of benzene rings is 2. The van der Waals surface area contributed by atoms with E-state index in [0.717, 1.165) is 5.56 Å². The molecule has 1 amide bonds. The highest BCUT2D eigenvalue weighted by Crippen LogP contribution is 2.19. The van der Waals surface area contributed by atoms with Crippen LogP contribution in [0.2, 0.25) is 0 Å². The summed E-state index contributed by atoms with van der Waals surface area (Å²) >= 11 is 0. The molecule has 0 bridgehead atoms. The summed E-state index contributed by atoms with van der Waals surface area (Å²) in [6.45, 7) is 4.12. The smallest absolute Gasteiger partial charge is 0.269 e. The maximum atomic E-state index is 11.5. The van der Waals surface area contributed by atoms with Gasteiger partial charge in [-0.3, -0.25) is 4.79 Å². The summed E-state index contributed by atoms with van der Waals surface area (Å²) in [5, 5.41) is 2.43. The molecule has 1 N–H and O–H groups in total. The molecule has 1 heterocycles. The SMILES string of the molecule is CC1(C)CC(=O)N/[N+]1=C/c1ccc2ccccc2c1. The minimum absolute atomic E-state index is 0.0713. The molecule has 0 unspecified atom stereocenters. The van der Waals surface area contributed by atoms with Gasteiger partial charge in [0.05, 0.1) is 6.42 Å². The third-order valence-electron chi connectivity index (χ3n) is 3.54. The minimum Gasteiger partial charge on any atom is -0.269 e. The molecule has 0 radical (unpaired) electrons. The minimum atomic E-state index is -0.178. The lowest BCUT2D eigenvalue weighted by atomic mass is 10.0. The number of carbonyl (C=O) groups excluding carboxylic acids is 1. The Bertz CT molecular complexity index is 686. The van der Waals surface area contributed by atoms with Crippen molar-refractivity contribution in [3.8, 4) is 0 Å². The van der Waals surface area contributed by atoms with Crippen LogP contribution in [0.1, 0.15) is 25.8 Å². The van der Waals surface area contributed by atoms with Crippen molar-refractivity contribution in [1.29, 1.82) is 0 Å². The van der Waals surface area contributed by atoms with Gasteiger partial charge in [-0.25, -0.2) is 0 Å². The predicted octanol–water partition coefficient (Wildman–Crippen LogP) is 2.48. The van der Waals surface area contributed by atoms with Gasteiger partial charge in [-0.15, -0.1) is 10.1 Å². The largest absolute Gasteiger partial charge is 0.281 e. The van der Waals surface area contributed by atoms with Gasteiger partial charge >= 0.3 is 0 Å². The van der Waals surface area contributed by atoms with Gasteiger partial charge in [0.25, 0.3) is 5.91 Å². The van der Waals surface area contributed by atoms with Crippen molar-refractivity contribution in [3.63, 3.8) is 0 Å². The van der Waals surface area contributed by atoms with Gasteiger partial charge in [0.2, 0.25) is 6.21 Å². The van der Waals surface area contributed by atoms with Crippen LogP contribution < -0.4 is 5.43 Å². The Hall–Kier alpha value is -2.16. The van der Waals surface area contributed by atoms with Gasteiger partial charge in [-0.05, 0) is 22.9 Å². The summed E-state index contributed by atoms with van der Waals surface area (Å²) in [5.41, 5.74) is 3.79. The summed E-state index contributed by atoms with van der Waals surface area (Å²) in [6, 6.07) is 14.6. The molecule has 0 aromatic heterocycles. The van der Waals surface area contributed by atoms with Crippen LogP contribution in [0.4, 0.5) is 0 Å². The molecule has 1 aliphatic rings. The normalized spacial score (nSPS) is 19.9. The summed E-state index contributed by atoms with van der Waals surface area (Å²) in [6.07, 6.45) is 2.52. The molecule has 3 rings (SSSR count). The lowest BCUT2D eigenvalue weighted by Crippen LogP contribution is -2.36. The van der Waals surface area contributed by atoms with Crippen LogP contribution in [0.25, 0.3) is 10.8 Å². The van der Waals surface area contributed by atoms with Crippen LogP contribution >= 0.6 is 0 Å². The molecule has 2 aromatic carbocycles. The van der Waals surface area contributed by atoms with Gasteiger partial charge in [0, 0.05) is 19.4 Å². The third-order valence-corrected chi connectivity index (χ3v) is 3.54. The van der Waals surface area contributed by atoms with E-state index in [1.807, 2.05) is 23.0 Å². The van der Waals surface area contributed by atoms with Crippen molar-refractivity contribution in [2.75, 3.05) is 0 Å². The third kappa shape index (κ3) is 2.24. The maximum absolute atomic E-state index is 11.5. The molecule has 0 atom stereocenters. The van der Waals surface area contributed by atoms with E-state index < -0.39 is 0 Å². The van der Waals surface area contributed by atoms with Crippen LogP contribution in [0.5, 0.6) is 0 Å². The Morgan fingerprint density at radius 1 is 1.16 bits per heavy atom. The Balaban J connectivity index is 2.03. The second kappa shape index (κ2) is 4.19. The highest BCUT2D eigenvalue weighted by atomic mass is 16.2. The van der Waals surface area contributed by atoms with Crippen LogP contribution in [0.3, 0.4) is 0 Å².